The van der Waals surface area contributed by atoms with Crippen LogP contribution in [0.2, 0.25) is 5.02 Å². The fraction of sp³-hybridized carbons (Fsp3) is 0.625. The highest BCUT2D eigenvalue weighted by atomic mass is 35.5. The molecule has 0 bridgehead atoms. The quantitative estimate of drug-likeness (QED) is 0.731. The molecule has 130 valence electrons. The number of sulfonamides is 1. The van der Waals surface area contributed by atoms with Crippen LogP contribution in [0.4, 0.5) is 0 Å². The Morgan fingerprint density at radius 3 is 2.87 bits per heavy atom. The van der Waals surface area contributed by atoms with Gasteiger partial charge in [0.2, 0.25) is 10.0 Å². The van der Waals surface area contributed by atoms with Gasteiger partial charge in [-0.15, -0.1) is 0 Å². The van der Waals surface area contributed by atoms with Gasteiger partial charge >= 0.3 is 0 Å². The zero-order chi connectivity index (χ0) is 16.9. The molecule has 0 aliphatic carbocycles. The summed E-state index contributed by atoms with van der Waals surface area (Å²) in [5, 5.41) is 9.63. The van der Waals surface area contributed by atoms with Gasteiger partial charge in [-0.25, -0.2) is 13.1 Å². The number of benzene rings is 1. The van der Waals surface area contributed by atoms with Crippen LogP contribution in [0.3, 0.4) is 0 Å². The predicted molar refractivity (Wildman–Crippen MR) is 92.3 cm³/mol. The number of hydrogen-bond acceptors (Lipinski definition) is 4. The van der Waals surface area contributed by atoms with Gasteiger partial charge in [0.15, 0.2) is 0 Å². The molecule has 23 heavy (non-hydrogen) atoms. The van der Waals surface area contributed by atoms with E-state index in [4.69, 9.17) is 11.6 Å². The molecular weight excluding hydrogens is 336 g/mol. The van der Waals surface area contributed by atoms with Crippen LogP contribution in [0, 0.1) is 6.92 Å². The summed E-state index contributed by atoms with van der Waals surface area (Å²) in [5.41, 5.74) is 0.640. The molecule has 0 amide bonds. The van der Waals surface area contributed by atoms with E-state index < -0.39 is 10.0 Å². The van der Waals surface area contributed by atoms with Gasteiger partial charge in [0.05, 0.1) is 11.6 Å². The first kappa shape index (κ1) is 18.7. The summed E-state index contributed by atoms with van der Waals surface area (Å²) in [6, 6.07) is 5.27. The third-order valence-electron chi connectivity index (χ3n) is 4.31. The number of aryl methyl sites for hydroxylation is 1. The number of rotatable bonds is 7. The average Bonchev–Trinajstić information content (AvgIpc) is 2.51. The van der Waals surface area contributed by atoms with Gasteiger partial charge in [0.1, 0.15) is 4.90 Å². The molecular formula is C16H25ClN2O3S. The second-order valence-electron chi connectivity index (χ2n) is 6.01. The van der Waals surface area contributed by atoms with Crippen molar-refractivity contribution in [2.75, 3.05) is 26.2 Å². The Bertz CT molecular complexity index is 602. The van der Waals surface area contributed by atoms with Crippen molar-refractivity contribution >= 4 is 21.6 Å². The molecule has 1 aliphatic heterocycles. The Morgan fingerprint density at radius 1 is 1.39 bits per heavy atom. The van der Waals surface area contributed by atoms with E-state index in [-0.39, 0.29) is 22.6 Å². The first-order valence-electron chi connectivity index (χ1n) is 8.05. The zero-order valence-electron chi connectivity index (χ0n) is 13.5. The number of nitrogens with one attached hydrogen (secondary N) is 1. The van der Waals surface area contributed by atoms with Gasteiger partial charge in [0.25, 0.3) is 0 Å². The monoisotopic (exact) mass is 360 g/mol. The van der Waals surface area contributed by atoms with Crippen LogP contribution in [-0.4, -0.2) is 50.7 Å². The van der Waals surface area contributed by atoms with Crippen LogP contribution in [-0.2, 0) is 10.0 Å². The molecule has 1 aromatic carbocycles. The topological polar surface area (TPSA) is 69.6 Å². The SMILES string of the molecule is Cc1cccc(Cl)c1S(=O)(=O)NCCCN1CCCCC1CO. The number of likely N-dealkylation sites (tertiary alicyclic amines) is 1. The number of aliphatic hydroxyl groups excluding tert-OH is 1. The zero-order valence-corrected chi connectivity index (χ0v) is 15.0. The van der Waals surface area contributed by atoms with Gasteiger partial charge < -0.3 is 5.11 Å². The minimum atomic E-state index is -3.59. The molecule has 2 N–H and O–H groups in total. The fourth-order valence-corrected chi connectivity index (χ4v) is 4.98. The van der Waals surface area contributed by atoms with E-state index >= 15 is 0 Å². The van der Waals surface area contributed by atoms with Crippen molar-refractivity contribution in [3.8, 4) is 0 Å². The molecule has 1 aromatic rings. The smallest absolute Gasteiger partial charge is 0.242 e. The Morgan fingerprint density at radius 2 is 2.17 bits per heavy atom. The molecule has 1 fully saturated rings. The van der Waals surface area contributed by atoms with Crippen LogP contribution in [0.15, 0.2) is 23.1 Å². The predicted octanol–water partition coefficient (Wildman–Crippen LogP) is 2.16. The lowest BCUT2D eigenvalue weighted by atomic mass is 10.0. The summed E-state index contributed by atoms with van der Waals surface area (Å²) in [6.45, 7) is 4.03. The molecule has 1 aliphatic rings. The molecule has 0 aromatic heterocycles. The molecule has 1 atom stereocenters. The maximum absolute atomic E-state index is 12.4. The number of piperidine rings is 1. The molecule has 1 heterocycles. The van der Waals surface area contributed by atoms with Crippen molar-refractivity contribution in [3.63, 3.8) is 0 Å². The van der Waals surface area contributed by atoms with Crippen LogP contribution in [0.5, 0.6) is 0 Å². The summed E-state index contributed by atoms with van der Waals surface area (Å²) in [6.07, 6.45) is 4.02. The summed E-state index contributed by atoms with van der Waals surface area (Å²) >= 11 is 6.03. The highest BCUT2D eigenvalue weighted by Gasteiger charge is 2.22. The lowest BCUT2D eigenvalue weighted by Crippen LogP contribution is -2.43. The first-order valence-corrected chi connectivity index (χ1v) is 9.91. The maximum atomic E-state index is 12.4. The van der Waals surface area contributed by atoms with Crippen molar-refractivity contribution in [1.82, 2.24) is 9.62 Å². The van der Waals surface area contributed by atoms with Crippen LogP contribution in [0.1, 0.15) is 31.2 Å². The first-order chi connectivity index (χ1) is 11.0. The second kappa shape index (κ2) is 8.44. The van der Waals surface area contributed by atoms with Gasteiger partial charge in [-0.2, -0.15) is 0 Å². The molecule has 2 rings (SSSR count). The fourth-order valence-electron chi connectivity index (χ4n) is 3.08. The summed E-state index contributed by atoms with van der Waals surface area (Å²) in [4.78, 5) is 2.41. The van der Waals surface area contributed by atoms with E-state index in [1.807, 2.05) is 0 Å². The van der Waals surface area contributed by atoms with E-state index in [9.17, 15) is 13.5 Å². The third-order valence-corrected chi connectivity index (χ3v) is 6.40. The van der Waals surface area contributed by atoms with Crippen molar-refractivity contribution in [3.05, 3.63) is 28.8 Å². The van der Waals surface area contributed by atoms with Crippen LogP contribution >= 0.6 is 11.6 Å². The lowest BCUT2D eigenvalue weighted by molar-refractivity contribution is 0.0896. The molecule has 7 heteroatoms. The molecule has 1 unspecified atom stereocenters. The van der Waals surface area contributed by atoms with Gasteiger partial charge in [-0.1, -0.05) is 30.2 Å². The van der Waals surface area contributed by atoms with E-state index in [1.54, 1.807) is 25.1 Å². The Kier molecular flexibility index (Phi) is 6.85. The Labute approximate surface area is 143 Å². The maximum Gasteiger partial charge on any atom is 0.242 e. The van der Waals surface area contributed by atoms with Crippen molar-refractivity contribution in [1.29, 1.82) is 0 Å². The van der Waals surface area contributed by atoms with Crippen molar-refractivity contribution in [2.24, 2.45) is 0 Å². The van der Waals surface area contributed by atoms with Crippen molar-refractivity contribution < 1.29 is 13.5 Å². The number of nitrogens with zero attached hydrogens (tertiary/aromatic N) is 1. The largest absolute Gasteiger partial charge is 0.395 e. The van der Waals surface area contributed by atoms with E-state index in [0.717, 1.165) is 32.4 Å². The van der Waals surface area contributed by atoms with Crippen LogP contribution in [0.25, 0.3) is 0 Å². The van der Waals surface area contributed by atoms with E-state index in [2.05, 4.69) is 9.62 Å². The van der Waals surface area contributed by atoms with Gasteiger partial charge in [0, 0.05) is 12.6 Å². The standard InChI is InChI=1S/C16H25ClN2O3S/c1-13-6-4-8-15(17)16(13)23(21,22)18-9-5-11-19-10-3-2-7-14(19)12-20/h4,6,8,14,18,20H,2-3,5,7,9-12H2,1H3. The molecule has 0 spiro atoms. The summed E-state index contributed by atoms with van der Waals surface area (Å²) in [5.74, 6) is 0. The molecule has 1 saturated heterocycles. The Hall–Kier alpha value is -0.660. The molecule has 0 saturated carbocycles. The van der Waals surface area contributed by atoms with E-state index in [0.29, 0.717) is 18.5 Å². The number of hydrogen-bond donors (Lipinski definition) is 2. The Balaban J connectivity index is 1.88. The second-order valence-corrected chi connectivity index (χ2v) is 8.12. The summed E-state index contributed by atoms with van der Waals surface area (Å²) < 4.78 is 27.4. The number of halogens is 1. The van der Waals surface area contributed by atoms with Gasteiger partial charge in [-0.05, 0) is 50.9 Å². The minimum absolute atomic E-state index is 0.160. The third kappa shape index (κ3) is 4.90. The summed E-state index contributed by atoms with van der Waals surface area (Å²) in [7, 11) is -3.59. The van der Waals surface area contributed by atoms with Crippen molar-refractivity contribution in [2.45, 2.75) is 43.5 Å². The van der Waals surface area contributed by atoms with E-state index in [1.165, 1.54) is 0 Å². The molecule has 0 radical (unpaired) electrons. The highest BCUT2D eigenvalue weighted by Crippen LogP contribution is 2.24. The highest BCUT2D eigenvalue weighted by molar-refractivity contribution is 7.89. The average molecular weight is 361 g/mol. The lowest BCUT2D eigenvalue weighted by Gasteiger charge is -2.34. The molecule has 5 nitrogen and oxygen atoms in total. The number of aliphatic hydroxyl groups is 1. The van der Waals surface area contributed by atoms with Crippen LogP contribution < -0.4 is 4.72 Å². The van der Waals surface area contributed by atoms with Gasteiger partial charge in [-0.3, -0.25) is 4.90 Å². The minimum Gasteiger partial charge on any atom is -0.395 e. The normalized spacial score (nSPS) is 19.9.